The number of fused-ring (bicyclic) bond motifs is 1. The van der Waals surface area contributed by atoms with Crippen molar-refractivity contribution in [2.45, 2.75) is 6.42 Å². The van der Waals surface area contributed by atoms with Gasteiger partial charge in [0.25, 0.3) is 5.91 Å². The lowest BCUT2D eigenvalue weighted by atomic mass is 10.1. The predicted molar refractivity (Wildman–Crippen MR) is 103 cm³/mol. The Morgan fingerprint density at radius 3 is 2.75 bits per heavy atom. The number of anilines is 3. The first-order valence-electron chi connectivity index (χ1n) is 8.90. The van der Waals surface area contributed by atoms with Crippen molar-refractivity contribution in [3.05, 3.63) is 59.8 Å². The maximum Gasteiger partial charge on any atom is 0.257 e. The number of nitrogens with zero attached hydrogens (tertiary/aromatic N) is 1. The fraction of sp³-hybridized carbons (Fsp3) is 0.200. The first-order valence-corrected chi connectivity index (χ1v) is 8.90. The van der Waals surface area contributed by atoms with Crippen molar-refractivity contribution in [2.75, 3.05) is 35.2 Å². The molecule has 4 rings (SSSR count). The lowest BCUT2D eigenvalue weighted by molar-refractivity contribution is -0.120. The van der Waals surface area contributed by atoms with Crippen molar-refractivity contribution < 1.29 is 18.4 Å². The summed E-state index contributed by atoms with van der Waals surface area (Å²) in [5.41, 5.74) is 2.23. The zero-order chi connectivity index (χ0) is 19.7. The molecule has 0 saturated carbocycles. The average molecular weight is 384 g/mol. The van der Waals surface area contributed by atoms with Gasteiger partial charge < -0.3 is 20.9 Å². The van der Waals surface area contributed by atoms with E-state index in [2.05, 4.69) is 16.0 Å². The van der Waals surface area contributed by atoms with Crippen molar-refractivity contribution in [3.8, 4) is 0 Å². The Kier molecular flexibility index (Phi) is 4.68. The number of carbonyl (C=O) groups is 2. The third kappa shape index (κ3) is 3.53. The smallest absolute Gasteiger partial charge is 0.257 e. The van der Waals surface area contributed by atoms with Crippen LogP contribution >= 0.6 is 0 Å². The maximum absolute atomic E-state index is 14.6. The molecule has 2 aliphatic heterocycles. The zero-order valence-corrected chi connectivity index (χ0v) is 14.9. The Hall–Kier alpha value is -3.42. The molecule has 8 heteroatoms. The maximum atomic E-state index is 14.6. The number of hydrogen-bond acceptors (Lipinski definition) is 4. The van der Waals surface area contributed by atoms with Crippen LogP contribution in [-0.4, -0.2) is 31.4 Å². The number of rotatable bonds is 3. The van der Waals surface area contributed by atoms with Crippen LogP contribution in [-0.2, 0) is 9.59 Å². The van der Waals surface area contributed by atoms with Crippen LogP contribution in [0.1, 0.15) is 12.0 Å². The largest absolute Gasteiger partial charge is 0.367 e. The predicted octanol–water partition coefficient (Wildman–Crippen LogP) is 2.70. The molecule has 3 N–H and O–H groups in total. The van der Waals surface area contributed by atoms with Gasteiger partial charge in [0.05, 0.1) is 16.9 Å². The van der Waals surface area contributed by atoms with Crippen molar-refractivity contribution in [1.82, 2.24) is 5.32 Å². The summed E-state index contributed by atoms with van der Waals surface area (Å²) in [6, 6.07) is 8.74. The van der Waals surface area contributed by atoms with Crippen LogP contribution in [0.4, 0.5) is 25.8 Å². The highest BCUT2D eigenvalue weighted by Gasteiger charge is 2.24. The van der Waals surface area contributed by atoms with E-state index in [4.69, 9.17) is 0 Å². The van der Waals surface area contributed by atoms with Gasteiger partial charge in [-0.25, -0.2) is 8.78 Å². The van der Waals surface area contributed by atoms with Crippen LogP contribution < -0.4 is 20.9 Å². The first kappa shape index (κ1) is 18.0. The van der Waals surface area contributed by atoms with E-state index in [9.17, 15) is 18.4 Å². The Balaban J connectivity index is 1.52. The Morgan fingerprint density at radius 2 is 1.93 bits per heavy atom. The Morgan fingerprint density at radius 1 is 1.07 bits per heavy atom. The molecule has 2 aromatic rings. The summed E-state index contributed by atoms with van der Waals surface area (Å²) in [5.74, 6) is -1.25. The molecule has 2 aliphatic rings. The minimum absolute atomic E-state index is 0.0391. The lowest BCUT2D eigenvalue weighted by Crippen LogP contribution is -2.29. The summed E-state index contributed by atoms with van der Waals surface area (Å²) in [4.78, 5) is 25.4. The van der Waals surface area contributed by atoms with E-state index in [1.54, 1.807) is 12.1 Å². The molecule has 2 amide bonds. The van der Waals surface area contributed by atoms with Gasteiger partial charge in [-0.05, 0) is 36.4 Å². The van der Waals surface area contributed by atoms with Gasteiger partial charge in [-0.3, -0.25) is 9.59 Å². The second kappa shape index (κ2) is 7.30. The van der Waals surface area contributed by atoms with Crippen LogP contribution in [0.25, 0.3) is 5.57 Å². The number of carbonyl (C=O) groups excluding carboxylic acids is 2. The second-order valence-electron chi connectivity index (χ2n) is 6.60. The fourth-order valence-corrected chi connectivity index (χ4v) is 3.33. The fourth-order valence-electron chi connectivity index (χ4n) is 3.33. The summed E-state index contributed by atoms with van der Waals surface area (Å²) in [6.07, 6.45) is 1.79. The van der Waals surface area contributed by atoms with E-state index in [1.165, 1.54) is 30.5 Å². The molecule has 1 fully saturated rings. The van der Waals surface area contributed by atoms with E-state index in [1.807, 2.05) is 4.90 Å². The minimum atomic E-state index is -0.434. The van der Waals surface area contributed by atoms with Gasteiger partial charge in [-0.15, -0.1) is 0 Å². The van der Waals surface area contributed by atoms with E-state index in [0.29, 0.717) is 54.3 Å². The minimum Gasteiger partial charge on any atom is -0.367 e. The average Bonchev–Trinajstić information content (AvgIpc) is 2.81. The molecule has 0 spiro atoms. The van der Waals surface area contributed by atoms with E-state index < -0.39 is 11.6 Å². The van der Waals surface area contributed by atoms with Crippen molar-refractivity contribution in [1.29, 1.82) is 0 Å². The summed E-state index contributed by atoms with van der Waals surface area (Å²) < 4.78 is 27.9. The van der Waals surface area contributed by atoms with Crippen LogP contribution in [0, 0.1) is 11.6 Å². The van der Waals surface area contributed by atoms with Gasteiger partial charge in [0.2, 0.25) is 5.91 Å². The van der Waals surface area contributed by atoms with Gasteiger partial charge in [0.15, 0.2) is 0 Å². The Labute approximate surface area is 160 Å². The molecule has 1 saturated heterocycles. The number of hydrogen-bond donors (Lipinski definition) is 3. The number of amides is 2. The molecule has 0 aliphatic carbocycles. The molecule has 2 aromatic carbocycles. The quantitative estimate of drug-likeness (QED) is 0.712. The highest BCUT2D eigenvalue weighted by molar-refractivity contribution is 6.31. The normalized spacial score (nSPS) is 17.8. The molecule has 6 nitrogen and oxygen atoms in total. The topological polar surface area (TPSA) is 73.5 Å². The van der Waals surface area contributed by atoms with Crippen molar-refractivity contribution in [3.63, 3.8) is 0 Å². The van der Waals surface area contributed by atoms with E-state index in [-0.39, 0.29) is 11.8 Å². The second-order valence-corrected chi connectivity index (χ2v) is 6.60. The third-order valence-electron chi connectivity index (χ3n) is 4.75. The van der Waals surface area contributed by atoms with Crippen LogP contribution in [0.2, 0.25) is 0 Å². The molecule has 0 atom stereocenters. The number of benzene rings is 2. The monoisotopic (exact) mass is 384 g/mol. The summed E-state index contributed by atoms with van der Waals surface area (Å²) in [5, 5.41) is 8.28. The van der Waals surface area contributed by atoms with Crippen molar-refractivity contribution in [2.24, 2.45) is 0 Å². The molecule has 2 heterocycles. The SMILES string of the molecule is O=C1CCN(c2ccc(NC=C3C(=O)Nc4cc(F)ccc43)cc2F)CCN1. The number of halogens is 2. The standard InChI is InChI=1S/C20H18F2N4O2/c21-12-1-3-14-15(20(28)25-17(14)9-12)11-24-13-2-4-18(16(22)10-13)26-7-5-19(27)23-6-8-26/h1-4,9-11,24H,5-8H2,(H,23,27)(H,25,28). The molecular weight excluding hydrogens is 366 g/mol. The van der Waals surface area contributed by atoms with Gasteiger partial charge >= 0.3 is 0 Å². The van der Waals surface area contributed by atoms with E-state index >= 15 is 0 Å². The Bertz CT molecular complexity index is 990. The van der Waals surface area contributed by atoms with Crippen molar-refractivity contribution >= 4 is 34.4 Å². The highest BCUT2D eigenvalue weighted by Crippen LogP contribution is 2.32. The van der Waals surface area contributed by atoms with Gasteiger partial charge in [0.1, 0.15) is 11.6 Å². The summed E-state index contributed by atoms with van der Waals surface area (Å²) in [7, 11) is 0. The molecule has 144 valence electrons. The summed E-state index contributed by atoms with van der Waals surface area (Å²) in [6.45, 7) is 1.46. The number of nitrogens with one attached hydrogen (secondary N) is 3. The van der Waals surface area contributed by atoms with Crippen LogP contribution in [0.5, 0.6) is 0 Å². The van der Waals surface area contributed by atoms with E-state index in [0.717, 1.165) is 0 Å². The summed E-state index contributed by atoms with van der Waals surface area (Å²) >= 11 is 0. The molecule has 0 bridgehead atoms. The lowest BCUT2D eigenvalue weighted by Gasteiger charge is -2.22. The van der Waals surface area contributed by atoms with Gasteiger partial charge in [0, 0.05) is 43.5 Å². The molecular formula is C20H18F2N4O2. The molecule has 0 aromatic heterocycles. The van der Waals surface area contributed by atoms with Gasteiger partial charge in [-0.1, -0.05) is 0 Å². The molecule has 0 unspecified atom stereocenters. The van der Waals surface area contributed by atoms with Crippen LogP contribution in [0.3, 0.4) is 0 Å². The third-order valence-corrected chi connectivity index (χ3v) is 4.75. The van der Waals surface area contributed by atoms with Crippen LogP contribution in [0.15, 0.2) is 42.6 Å². The van der Waals surface area contributed by atoms with Gasteiger partial charge in [-0.2, -0.15) is 0 Å². The zero-order valence-electron chi connectivity index (χ0n) is 14.9. The molecule has 28 heavy (non-hydrogen) atoms. The first-order chi connectivity index (χ1) is 13.5. The molecule has 0 radical (unpaired) electrons. The highest BCUT2D eigenvalue weighted by atomic mass is 19.1.